The maximum Gasteiger partial charge on any atom is 0.257 e. The molecule has 0 unspecified atom stereocenters. The highest BCUT2D eigenvalue weighted by molar-refractivity contribution is 9.10. The lowest BCUT2D eigenvalue weighted by atomic mass is 10.1. The minimum absolute atomic E-state index is 0.00351. The number of rotatable bonds is 6. The Morgan fingerprint density at radius 1 is 1.30 bits per heavy atom. The molecule has 2 aromatic carbocycles. The molecule has 0 aliphatic rings. The van der Waals surface area contributed by atoms with Crippen molar-refractivity contribution in [3.63, 3.8) is 0 Å². The van der Waals surface area contributed by atoms with Crippen molar-refractivity contribution in [3.8, 4) is 11.4 Å². The number of nitrogens with one attached hydrogen (secondary N) is 1. The van der Waals surface area contributed by atoms with Gasteiger partial charge in [-0.3, -0.25) is 14.2 Å². The van der Waals surface area contributed by atoms with Gasteiger partial charge in [0.1, 0.15) is 18.2 Å². The lowest BCUT2D eigenvalue weighted by molar-refractivity contribution is -0.116. The lowest BCUT2D eigenvalue weighted by Crippen LogP contribution is -2.33. The van der Waals surface area contributed by atoms with E-state index in [0.29, 0.717) is 26.3 Å². The van der Waals surface area contributed by atoms with Crippen LogP contribution in [0.25, 0.3) is 11.4 Å². The molecule has 1 amide bonds. The minimum atomic E-state index is -0.608. The number of nitrogens with zero attached hydrogens (tertiary/aromatic N) is 2. The average molecular weight is 495 g/mol. The van der Waals surface area contributed by atoms with Gasteiger partial charge in [-0.25, -0.2) is 9.37 Å². The van der Waals surface area contributed by atoms with Gasteiger partial charge in [-0.15, -0.1) is 0 Å². The standard InChI is InChI=1S/C21H18BrClFN3O3/c1-12-16(7-8-28)21(30)27(20(25-12)13-3-2-4-15(23)9-13)11-19(29)26-18-6-5-14(22)10-17(18)24/h2-6,9-10,28H,7-8,11H2,1H3,(H,26,29). The van der Waals surface area contributed by atoms with Crippen molar-refractivity contribution in [1.29, 1.82) is 0 Å². The van der Waals surface area contributed by atoms with Crippen LogP contribution >= 0.6 is 27.5 Å². The summed E-state index contributed by atoms with van der Waals surface area (Å²) in [6.45, 7) is 1.05. The van der Waals surface area contributed by atoms with Crippen molar-refractivity contribution >= 4 is 39.1 Å². The SMILES string of the molecule is Cc1nc(-c2cccc(Cl)c2)n(CC(=O)Nc2ccc(Br)cc2F)c(=O)c1CCO. The van der Waals surface area contributed by atoms with E-state index in [0.717, 1.165) is 0 Å². The Morgan fingerprint density at radius 3 is 2.73 bits per heavy atom. The maximum absolute atomic E-state index is 14.1. The van der Waals surface area contributed by atoms with Gasteiger partial charge in [0, 0.05) is 39.3 Å². The smallest absolute Gasteiger partial charge is 0.257 e. The Hall–Kier alpha value is -2.55. The normalized spacial score (nSPS) is 10.8. The molecule has 3 rings (SSSR count). The molecule has 0 saturated carbocycles. The van der Waals surface area contributed by atoms with Crippen LogP contribution in [0, 0.1) is 12.7 Å². The Morgan fingerprint density at radius 2 is 2.07 bits per heavy atom. The molecule has 0 radical (unpaired) electrons. The quantitative estimate of drug-likeness (QED) is 0.544. The number of anilines is 1. The second-order valence-corrected chi connectivity index (χ2v) is 7.90. The van der Waals surface area contributed by atoms with Crippen LogP contribution in [0.3, 0.4) is 0 Å². The van der Waals surface area contributed by atoms with Crippen LogP contribution < -0.4 is 10.9 Å². The summed E-state index contributed by atoms with van der Waals surface area (Å²) in [5.74, 6) is -0.946. The molecule has 0 fully saturated rings. The fourth-order valence-corrected chi connectivity index (χ4v) is 3.54. The van der Waals surface area contributed by atoms with Crippen molar-refractivity contribution in [1.82, 2.24) is 9.55 Å². The number of halogens is 3. The topological polar surface area (TPSA) is 84.2 Å². The number of amides is 1. The van der Waals surface area contributed by atoms with E-state index in [-0.39, 0.29) is 31.1 Å². The lowest BCUT2D eigenvalue weighted by Gasteiger charge is -2.16. The van der Waals surface area contributed by atoms with Gasteiger partial charge in [0.2, 0.25) is 5.91 Å². The van der Waals surface area contributed by atoms with E-state index in [9.17, 15) is 19.1 Å². The van der Waals surface area contributed by atoms with Gasteiger partial charge in [-0.2, -0.15) is 0 Å². The fraction of sp³-hybridized carbons (Fsp3) is 0.190. The van der Waals surface area contributed by atoms with Crippen molar-refractivity contribution in [2.75, 3.05) is 11.9 Å². The molecule has 156 valence electrons. The van der Waals surface area contributed by atoms with Crippen LogP contribution in [0.15, 0.2) is 51.7 Å². The van der Waals surface area contributed by atoms with Crippen molar-refractivity contribution in [2.45, 2.75) is 19.9 Å². The largest absolute Gasteiger partial charge is 0.396 e. The Balaban J connectivity index is 2.03. The number of aryl methyl sites for hydroxylation is 1. The van der Waals surface area contributed by atoms with Crippen LogP contribution in [0.4, 0.5) is 10.1 Å². The van der Waals surface area contributed by atoms with Gasteiger partial charge in [0.15, 0.2) is 0 Å². The van der Waals surface area contributed by atoms with E-state index < -0.39 is 17.3 Å². The van der Waals surface area contributed by atoms with Gasteiger partial charge in [-0.1, -0.05) is 39.7 Å². The number of carbonyl (C=O) groups excluding carboxylic acids is 1. The summed E-state index contributed by atoms with van der Waals surface area (Å²) < 4.78 is 15.8. The average Bonchev–Trinajstić information content (AvgIpc) is 2.69. The third-order valence-electron chi connectivity index (χ3n) is 4.42. The maximum atomic E-state index is 14.1. The molecule has 2 N–H and O–H groups in total. The first-order chi connectivity index (χ1) is 14.3. The molecule has 0 bridgehead atoms. The molecular formula is C21H18BrClFN3O3. The zero-order chi connectivity index (χ0) is 21.8. The zero-order valence-corrected chi connectivity index (χ0v) is 18.3. The third kappa shape index (κ3) is 4.95. The predicted molar refractivity (Wildman–Crippen MR) is 117 cm³/mol. The predicted octanol–water partition coefficient (Wildman–Crippen LogP) is 3.95. The first-order valence-electron chi connectivity index (χ1n) is 9.02. The molecule has 30 heavy (non-hydrogen) atoms. The third-order valence-corrected chi connectivity index (χ3v) is 5.15. The second-order valence-electron chi connectivity index (χ2n) is 6.55. The number of hydrogen-bond acceptors (Lipinski definition) is 4. The molecule has 9 heteroatoms. The number of aliphatic hydroxyl groups excluding tert-OH is 1. The van der Waals surface area contributed by atoms with Crippen molar-refractivity contribution in [3.05, 3.63) is 79.4 Å². The van der Waals surface area contributed by atoms with Crippen LogP contribution in [0.1, 0.15) is 11.3 Å². The van der Waals surface area contributed by atoms with Gasteiger partial charge in [0.05, 0.1) is 5.69 Å². The van der Waals surface area contributed by atoms with E-state index in [2.05, 4.69) is 26.2 Å². The Labute approximate surface area is 185 Å². The number of aliphatic hydroxyl groups is 1. The molecule has 0 aliphatic carbocycles. The summed E-state index contributed by atoms with van der Waals surface area (Å²) in [6, 6.07) is 11.0. The molecule has 0 spiro atoms. The Bertz CT molecular complexity index is 1170. The number of carbonyl (C=O) groups is 1. The highest BCUT2D eigenvalue weighted by Gasteiger charge is 2.18. The molecular weight excluding hydrogens is 477 g/mol. The summed E-state index contributed by atoms with van der Waals surface area (Å²) in [6.07, 6.45) is 0.108. The van der Waals surface area contributed by atoms with Crippen molar-refractivity contribution < 1.29 is 14.3 Å². The highest BCUT2D eigenvalue weighted by atomic mass is 79.9. The van der Waals surface area contributed by atoms with Gasteiger partial charge < -0.3 is 10.4 Å². The fourth-order valence-electron chi connectivity index (χ4n) is 3.02. The van der Waals surface area contributed by atoms with Crippen LogP contribution in [0.5, 0.6) is 0 Å². The zero-order valence-electron chi connectivity index (χ0n) is 16.0. The number of aromatic nitrogens is 2. The van der Waals surface area contributed by atoms with Gasteiger partial charge in [-0.05, 0) is 37.3 Å². The van der Waals surface area contributed by atoms with E-state index >= 15 is 0 Å². The second kappa shape index (κ2) is 9.51. The van der Waals surface area contributed by atoms with E-state index in [1.807, 2.05) is 0 Å². The number of benzene rings is 2. The van der Waals surface area contributed by atoms with E-state index in [4.69, 9.17) is 11.6 Å². The Kier molecular flexibility index (Phi) is 7.02. The number of hydrogen-bond donors (Lipinski definition) is 2. The van der Waals surface area contributed by atoms with Crippen LogP contribution in [-0.4, -0.2) is 27.2 Å². The van der Waals surface area contributed by atoms with E-state index in [1.165, 1.54) is 16.7 Å². The highest BCUT2D eigenvalue weighted by Crippen LogP contribution is 2.22. The molecule has 1 aromatic heterocycles. The molecule has 1 heterocycles. The molecule has 0 atom stereocenters. The molecule has 3 aromatic rings. The summed E-state index contributed by atoms with van der Waals surface area (Å²) in [5.41, 5.74) is 0.876. The first kappa shape index (κ1) is 22.1. The minimum Gasteiger partial charge on any atom is -0.396 e. The summed E-state index contributed by atoms with van der Waals surface area (Å²) in [5, 5.41) is 12.2. The monoisotopic (exact) mass is 493 g/mol. The van der Waals surface area contributed by atoms with Gasteiger partial charge >= 0.3 is 0 Å². The summed E-state index contributed by atoms with van der Waals surface area (Å²) in [4.78, 5) is 30.2. The molecule has 0 saturated heterocycles. The summed E-state index contributed by atoms with van der Waals surface area (Å²) in [7, 11) is 0. The van der Waals surface area contributed by atoms with E-state index in [1.54, 1.807) is 37.3 Å². The van der Waals surface area contributed by atoms with Crippen LogP contribution in [-0.2, 0) is 17.8 Å². The van der Waals surface area contributed by atoms with Crippen molar-refractivity contribution in [2.24, 2.45) is 0 Å². The molecule has 0 aliphatic heterocycles. The summed E-state index contributed by atoms with van der Waals surface area (Å²) >= 11 is 9.24. The first-order valence-corrected chi connectivity index (χ1v) is 10.2. The molecule has 6 nitrogen and oxygen atoms in total. The van der Waals surface area contributed by atoms with Crippen LogP contribution in [0.2, 0.25) is 5.02 Å². The van der Waals surface area contributed by atoms with Gasteiger partial charge in [0.25, 0.3) is 5.56 Å².